The number of nitrogens with zero attached hydrogens (tertiary/aromatic N) is 2. The zero-order chi connectivity index (χ0) is 20.4. The molecular formula is C17H13KN4O5S2. The number of anilines is 2. The number of carboxylic acids is 1. The summed E-state index contributed by atoms with van der Waals surface area (Å²) < 4.78 is 0. The van der Waals surface area contributed by atoms with E-state index in [1.807, 2.05) is 0 Å². The van der Waals surface area contributed by atoms with E-state index in [0.29, 0.717) is 16.5 Å². The summed E-state index contributed by atoms with van der Waals surface area (Å²) in [6.45, 7) is 3.16. The Morgan fingerprint density at radius 1 is 1.17 bits per heavy atom. The molecule has 0 spiro atoms. The van der Waals surface area contributed by atoms with Gasteiger partial charge < -0.3 is 25.6 Å². The second kappa shape index (κ2) is 9.89. The van der Waals surface area contributed by atoms with Gasteiger partial charge in [-0.2, -0.15) is 0 Å². The van der Waals surface area contributed by atoms with Crippen LogP contribution in [0.1, 0.15) is 32.8 Å². The van der Waals surface area contributed by atoms with Crippen LogP contribution in [0.15, 0.2) is 23.6 Å². The fourth-order valence-electron chi connectivity index (χ4n) is 2.28. The van der Waals surface area contributed by atoms with Crippen LogP contribution in [0.25, 0.3) is 10.6 Å². The smallest absolute Gasteiger partial charge is 0.545 e. The number of thiazole rings is 2. The molecule has 0 aliphatic carbocycles. The number of hydrogen-bond donors (Lipinski definition) is 3. The van der Waals surface area contributed by atoms with Gasteiger partial charge in [0.25, 0.3) is 5.91 Å². The van der Waals surface area contributed by atoms with Crippen LogP contribution in [0.5, 0.6) is 5.75 Å². The fourth-order valence-corrected chi connectivity index (χ4v) is 4.03. The van der Waals surface area contributed by atoms with Crippen molar-refractivity contribution < 1.29 is 76.0 Å². The number of aryl methyl sites for hydroxylation is 1. The molecule has 0 unspecified atom stereocenters. The van der Waals surface area contributed by atoms with Gasteiger partial charge in [0.2, 0.25) is 5.91 Å². The summed E-state index contributed by atoms with van der Waals surface area (Å²) in [5.74, 6) is -2.77. The summed E-state index contributed by atoms with van der Waals surface area (Å²) >= 11 is 2.35. The third-order valence-electron chi connectivity index (χ3n) is 3.48. The van der Waals surface area contributed by atoms with Crippen LogP contribution in [0.3, 0.4) is 0 Å². The van der Waals surface area contributed by atoms with Crippen LogP contribution in [0, 0.1) is 6.92 Å². The number of carbonyl (C=O) groups is 3. The molecular weight excluding hydrogens is 443 g/mol. The number of hydrogen-bond acceptors (Lipinski definition) is 9. The number of carboxylic acid groups (broad SMARTS) is 1. The maximum Gasteiger partial charge on any atom is 1.00 e. The van der Waals surface area contributed by atoms with Crippen LogP contribution < -0.4 is 67.1 Å². The van der Waals surface area contributed by atoms with E-state index < -0.39 is 23.2 Å². The standard InChI is InChI=1S/C17H14N4O5S2.K/c1-7-13(28-17(18-7)19-8(2)22)11-6-27-15(21-11)14(24)20-9-3-4-12(23)10(5-9)16(25)26;/h3-6,23H,1-2H3,(H,20,24)(H,25,26)(H,18,19,22);/q;+1/p-1. The molecule has 3 aromatic rings. The average molecular weight is 457 g/mol. The molecule has 12 heteroatoms. The number of phenols is 1. The third kappa shape index (κ3) is 5.69. The monoisotopic (exact) mass is 456 g/mol. The number of aromatic hydroxyl groups is 1. The molecule has 0 fully saturated rings. The second-order valence-corrected chi connectivity index (χ2v) is 7.48. The van der Waals surface area contributed by atoms with Crippen molar-refractivity contribution in [3.05, 3.63) is 39.8 Å². The molecule has 3 N–H and O–H groups in total. The quantitative estimate of drug-likeness (QED) is 0.325. The maximum atomic E-state index is 12.4. The molecule has 0 bridgehead atoms. The van der Waals surface area contributed by atoms with E-state index in [-0.39, 0.29) is 68.0 Å². The normalized spacial score (nSPS) is 10.1. The first-order chi connectivity index (χ1) is 13.2. The molecule has 0 aliphatic rings. The number of carbonyl (C=O) groups excluding carboxylic acids is 3. The van der Waals surface area contributed by atoms with E-state index in [2.05, 4.69) is 20.6 Å². The van der Waals surface area contributed by atoms with Gasteiger partial charge in [0, 0.05) is 23.6 Å². The second-order valence-electron chi connectivity index (χ2n) is 5.63. The Kier molecular flexibility index (Phi) is 8.05. The first kappa shape index (κ1) is 23.6. The predicted octanol–water partition coefficient (Wildman–Crippen LogP) is -1.14. The summed E-state index contributed by atoms with van der Waals surface area (Å²) in [5, 5.41) is 27.9. The Balaban J connectivity index is 0.00000300. The predicted molar refractivity (Wildman–Crippen MR) is 103 cm³/mol. The molecule has 9 nitrogen and oxygen atoms in total. The first-order valence-electron chi connectivity index (χ1n) is 7.81. The molecule has 0 radical (unpaired) electrons. The minimum Gasteiger partial charge on any atom is -0.545 e. The van der Waals surface area contributed by atoms with Crippen LogP contribution in [0.2, 0.25) is 0 Å². The molecule has 1 aromatic carbocycles. The minimum absolute atomic E-state index is 0. The van der Waals surface area contributed by atoms with Gasteiger partial charge in [-0.15, -0.1) is 11.3 Å². The Morgan fingerprint density at radius 3 is 2.55 bits per heavy atom. The van der Waals surface area contributed by atoms with E-state index in [0.717, 1.165) is 28.3 Å². The Hall–Kier alpha value is -1.67. The van der Waals surface area contributed by atoms with Crippen molar-refractivity contribution in [1.29, 1.82) is 0 Å². The van der Waals surface area contributed by atoms with Crippen LogP contribution in [0.4, 0.5) is 10.8 Å². The van der Waals surface area contributed by atoms with Crippen LogP contribution in [-0.2, 0) is 4.79 Å². The van der Waals surface area contributed by atoms with E-state index in [1.165, 1.54) is 24.3 Å². The maximum absolute atomic E-state index is 12.4. The SMILES string of the molecule is CC(=O)Nc1nc(C)c(-c2csc(C(=O)Nc3ccc(O)c(C(=O)[O-])c3)n2)s1.[K+]. The summed E-state index contributed by atoms with van der Waals surface area (Å²) in [5.41, 5.74) is 0.968. The molecule has 0 saturated carbocycles. The summed E-state index contributed by atoms with van der Waals surface area (Å²) in [7, 11) is 0. The van der Waals surface area contributed by atoms with Crippen molar-refractivity contribution in [2.75, 3.05) is 10.6 Å². The van der Waals surface area contributed by atoms with Crippen molar-refractivity contribution in [3.63, 3.8) is 0 Å². The fraction of sp³-hybridized carbons (Fsp3) is 0.118. The molecule has 144 valence electrons. The Bertz CT molecular complexity index is 1100. The minimum atomic E-state index is -1.55. The molecule has 2 aromatic heterocycles. The van der Waals surface area contributed by atoms with E-state index in [1.54, 1.807) is 12.3 Å². The summed E-state index contributed by atoms with van der Waals surface area (Å²) in [6, 6.07) is 3.61. The van der Waals surface area contributed by atoms with Crippen LogP contribution in [-0.4, -0.2) is 32.9 Å². The van der Waals surface area contributed by atoms with Crippen molar-refractivity contribution in [3.8, 4) is 16.3 Å². The van der Waals surface area contributed by atoms with Gasteiger partial charge in [-0.25, -0.2) is 9.97 Å². The molecule has 0 saturated heterocycles. The van der Waals surface area contributed by atoms with Gasteiger partial charge in [-0.1, -0.05) is 11.3 Å². The Labute approximate surface area is 215 Å². The van der Waals surface area contributed by atoms with Gasteiger partial charge in [0.1, 0.15) is 5.75 Å². The number of rotatable bonds is 5. The average Bonchev–Trinajstić information content (AvgIpc) is 3.22. The molecule has 0 aliphatic heterocycles. The van der Waals surface area contributed by atoms with Gasteiger partial charge in [-0.3, -0.25) is 9.59 Å². The summed E-state index contributed by atoms with van der Waals surface area (Å²) in [6.07, 6.45) is 0. The number of aromatic carboxylic acids is 1. The first-order valence-corrected chi connectivity index (χ1v) is 9.51. The van der Waals surface area contributed by atoms with E-state index >= 15 is 0 Å². The van der Waals surface area contributed by atoms with Crippen LogP contribution >= 0.6 is 22.7 Å². The van der Waals surface area contributed by atoms with E-state index in [9.17, 15) is 24.6 Å². The molecule has 0 atom stereocenters. The van der Waals surface area contributed by atoms with Crippen molar-refractivity contribution in [2.45, 2.75) is 13.8 Å². The number of nitrogens with one attached hydrogen (secondary N) is 2. The molecule has 2 amide bonds. The van der Waals surface area contributed by atoms with E-state index in [4.69, 9.17) is 0 Å². The van der Waals surface area contributed by atoms with Gasteiger partial charge in [-0.05, 0) is 25.1 Å². The summed E-state index contributed by atoms with van der Waals surface area (Å²) in [4.78, 5) is 43.8. The topological polar surface area (TPSA) is 144 Å². The third-order valence-corrected chi connectivity index (χ3v) is 5.42. The molecule has 29 heavy (non-hydrogen) atoms. The largest absolute Gasteiger partial charge is 1.00 e. The number of amides is 2. The Morgan fingerprint density at radius 2 is 1.90 bits per heavy atom. The zero-order valence-electron chi connectivity index (χ0n) is 15.6. The molecule has 3 rings (SSSR count). The van der Waals surface area contributed by atoms with Gasteiger partial charge in [0.05, 0.1) is 22.2 Å². The van der Waals surface area contributed by atoms with Crippen molar-refractivity contribution in [1.82, 2.24) is 9.97 Å². The number of benzene rings is 1. The molecule has 2 heterocycles. The number of aromatic nitrogens is 2. The van der Waals surface area contributed by atoms with Gasteiger partial charge >= 0.3 is 51.4 Å². The van der Waals surface area contributed by atoms with Crippen molar-refractivity contribution in [2.24, 2.45) is 0 Å². The van der Waals surface area contributed by atoms with Crippen molar-refractivity contribution >= 4 is 51.3 Å². The zero-order valence-corrected chi connectivity index (χ0v) is 20.4. The van der Waals surface area contributed by atoms with Gasteiger partial charge in [0.15, 0.2) is 10.1 Å².